The van der Waals surface area contributed by atoms with Gasteiger partial charge < -0.3 is 15.2 Å². The predicted octanol–water partition coefficient (Wildman–Crippen LogP) is 0.758. The minimum atomic E-state index is -0.892. The van der Waals surface area contributed by atoms with Crippen molar-refractivity contribution in [1.82, 2.24) is 10.7 Å². The van der Waals surface area contributed by atoms with Crippen LogP contribution in [-0.2, 0) is 14.3 Å². The summed E-state index contributed by atoms with van der Waals surface area (Å²) in [6.45, 7) is 0.544. The maximum Gasteiger partial charge on any atom is 0.329 e. The van der Waals surface area contributed by atoms with E-state index in [9.17, 15) is 14.7 Å². The van der Waals surface area contributed by atoms with Crippen molar-refractivity contribution < 1.29 is 19.4 Å². The fourth-order valence-corrected chi connectivity index (χ4v) is 1.97. The van der Waals surface area contributed by atoms with Gasteiger partial charge in [-0.3, -0.25) is 9.59 Å². The zero-order chi connectivity index (χ0) is 16.7. The Hall–Kier alpha value is -2.93. The standard InChI is InChI=1S/C16H17N3O4/c1-23-9-8-17-15(21)16(22)19-18-10-13-12-5-3-2-4-11(12)6-7-14(13)20/h2-7,10,20H,8-9H2,1H3,(H,17,21)(H,19,22)/b18-10+. The number of aromatic hydroxyl groups is 1. The molecule has 0 heterocycles. The number of phenolic OH excluding ortho intramolecular Hbond substituents is 1. The van der Waals surface area contributed by atoms with Gasteiger partial charge in [-0.1, -0.05) is 30.3 Å². The smallest absolute Gasteiger partial charge is 0.329 e. The van der Waals surface area contributed by atoms with Crippen molar-refractivity contribution in [2.24, 2.45) is 5.10 Å². The minimum absolute atomic E-state index is 0.0336. The third-order valence-corrected chi connectivity index (χ3v) is 3.11. The molecular formula is C16H17N3O4. The number of benzene rings is 2. The van der Waals surface area contributed by atoms with E-state index in [0.29, 0.717) is 12.2 Å². The van der Waals surface area contributed by atoms with Crippen LogP contribution in [0, 0.1) is 0 Å². The van der Waals surface area contributed by atoms with Crippen molar-refractivity contribution in [3.05, 3.63) is 42.0 Å². The Kier molecular flexibility index (Phi) is 5.65. The number of nitrogens with one attached hydrogen (secondary N) is 2. The number of phenols is 1. The van der Waals surface area contributed by atoms with Crippen LogP contribution >= 0.6 is 0 Å². The molecule has 0 saturated carbocycles. The molecule has 0 aromatic heterocycles. The molecule has 0 aliphatic carbocycles. The van der Waals surface area contributed by atoms with E-state index in [0.717, 1.165) is 10.8 Å². The summed E-state index contributed by atoms with van der Waals surface area (Å²) < 4.78 is 4.76. The molecular weight excluding hydrogens is 298 g/mol. The monoisotopic (exact) mass is 315 g/mol. The summed E-state index contributed by atoms with van der Waals surface area (Å²) in [6, 6.07) is 10.8. The van der Waals surface area contributed by atoms with E-state index >= 15 is 0 Å². The topological polar surface area (TPSA) is 100 Å². The number of carbonyl (C=O) groups is 2. The van der Waals surface area contributed by atoms with Gasteiger partial charge in [0.2, 0.25) is 0 Å². The molecule has 2 rings (SSSR count). The van der Waals surface area contributed by atoms with E-state index in [1.807, 2.05) is 24.3 Å². The van der Waals surface area contributed by atoms with Crippen LogP contribution < -0.4 is 10.7 Å². The van der Waals surface area contributed by atoms with E-state index in [4.69, 9.17) is 4.74 Å². The number of amides is 2. The molecule has 7 nitrogen and oxygen atoms in total. The SMILES string of the molecule is COCCNC(=O)C(=O)N/N=C/c1c(O)ccc2ccccc12. The van der Waals surface area contributed by atoms with Gasteiger partial charge in [0.05, 0.1) is 12.8 Å². The largest absolute Gasteiger partial charge is 0.507 e. The summed E-state index contributed by atoms with van der Waals surface area (Å²) in [7, 11) is 1.49. The molecule has 2 amide bonds. The Bertz CT molecular complexity index is 743. The number of methoxy groups -OCH3 is 1. The highest BCUT2D eigenvalue weighted by Crippen LogP contribution is 2.25. The van der Waals surface area contributed by atoms with Crippen LogP contribution in [0.1, 0.15) is 5.56 Å². The second-order valence-corrected chi connectivity index (χ2v) is 4.67. The first-order valence-corrected chi connectivity index (χ1v) is 6.94. The molecule has 0 atom stereocenters. The molecule has 3 N–H and O–H groups in total. The van der Waals surface area contributed by atoms with Crippen molar-refractivity contribution in [1.29, 1.82) is 0 Å². The fraction of sp³-hybridized carbons (Fsp3) is 0.188. The minimum Gasteiger partial charge on any atom is -0.507 e. The van der Waals surface area contributed by atoms with Gasteiger partial charge in [0.15, 0.2) is 0 Å². The number of nitrogens with zero attached hydrogens (tertiary/aromatic N) is 1. The second kappa shape index (κ2) is 7.90. The second-order valence-electron chi connectivity index (χ2n) is 4.67. The Morgan fingerprint density at radius 2 is 2.00 bits per heavy atom. The van der Waals surface area contributed by atoms with Gasteiger partial charge >= 0.3 is 11.8 Å². The summed E-state index contributed by atoms with van der Waals surface area (Å²) >= 11 is 0. The van der Waals surface area contributed by atoms with E-state index < -0.39 is 11.8 Å². The average molecular weight is 315 g/mol. The van der Waals surface area contributed by atoms with Crippen molar-refractivity contribution in [2.45, 2.75) is 0 Å². The number of ether oxygens (including phenoxy) is 1. The predicted molar refractivity (Wildman–Crippen MR) is 86.2 cm³/mol. The molecule has 0 radical (unpaired) electrons. The summed E-state index contributed by atoms with van der Waals surface area (Å²) in [5.74, 6) is -1.66. The molecule has 2 aromatic carbocycles. The lowest BCUT2D eigenvalue weighted by atomic mass is 10.0. The third kappa shape index (κ3) is 4.27. The van der Waals surface area contributed by atoms with Gasteiger partial charge in [-0.15, -0.1) is 0 Å². The Balaban J connectivity index is 2.05. The van der Waals surface area contributed by atoms with Gasteiger partial charge in [-0.2, -0.15) is 5.10 Å². The maximum absolute atomic E-state index is 11.5. The van der Waals surface area contributed by atoms with Crippen LogP contribution in [-0.4, -0.2) is 43.4 Å². The van der Waals surface area contributed by atoms with E-state index in [1.54, 1.807) is 12.1 Å². The van der Waals surface area contributed by atoms with Crippen LogP contribution in [0.5, 0.6) is 5.75 Å². The molecule has 0 fully saturated rings. The van der Waals surface area contributed by atoms with Crippen LogP contribution in [0.3, 0.4) is 0 Å². The van der Waals surface area contributed by atoms with Crippen LogP contribution in [0.4, 0.5) is 0 Å². The zero-order valence-electron chi connectivity index (χ0n) is 12.6. The molecule has 0 bridgehead atoms. The average Bonchev–Trinajstić information content (AvgIpc) is 2.56. The Labute approximate surface area is 132 Å². The van der Waals surface area contributed by atoms with Crippen LogP contribution in [0.15, 0.2) is 41.5 Å². The summed E-state index contributed by atoms with van der Waals surface area (Å²) in [4.78, 5) is 23.0. The summed E-state index contributed by atoms with van der Waals surface area (Å²) in [6.07, 6.45) is 1.30. The number of carbonyl (C=O) groups excluding carboxylic acids is 2. The highest BCUT2D eigenvalue weighted by Gasteiger charge is 2.11. The van der Waals surface area contributed by atoms with Crippen LogP contribution in [0.25, 0.3) is 10.8 Å². The molecule has 0 saturated heterocycles. The van der Waals surface area contributed by atoms with Gasteiger partial charge in [-0.25, -0.2) is 5.43 Å². The number of rotatable bonds is 5. The molecule has 0 spiro atoms. The molecule has 0 aliphatic rings. The first-order valence-electron chi connectivity index (χ1n) is 6.94. The summed E-state index contributed by atoms with van der Waals surface area (Å²) in [5.41, 5.74) is 2.58. The molecule has 23 heavy (non-hydrogen) atoms. The molecule has 120 valence electrons. The van der Waals surface area contributed by atoms with E-state index in [2.05, 4.69) is 15.8 Å². The lowest BCUT2D eigenvalue weighted by Gasteiger charge is -2.05. The van der Waals surface area contributed by atoms with E-state index in [1.165, 1.54) is 13.3 Å². The molecule has 0 unspecified atom stereocenters. The molecule has 0 aliphatic heterocycles. The quantitative estimate of drug-likeness (QED) is 0.328. The number of hydrazone groups is 1. The Morgan fingerprint density at radius 1 is 1.22 bits per heavy atom. The third-order valence-electron chi connectivity index (χ3n) is 3.11. The zero-order valence-corrected chi connectivity index (χ0v) is 12.6. The van der Waals surface area contributed by atoms with Crippen molar-refractivity contribution in [2.75, 3.05) is 20.3 Å². The van der Waals surface area contributed by atoms with E-state index in [-0.39, 0.29) is 12.3 Å². The first-order chi connectivity index (χ1) is 11.1. The van der Waals surface area contributed by atoms with Gasteiger partial charge in [0.1, 0.15) is 5.75 Å². The normalized spacial score (nSPS) is 10.8. The van der Waals surface area contributed by atoms with Gasteiger partial charge in [-0.05, 0) is 16.8 Å². The number of hydrogen-bond acceptors (Lipinski definition) is 5. The highest BCUT2D eigenvalue weighted by molar-refractivity contribution is 6.35. The highest BCUT2D eigenvalue weighted by atomic mass is 16.5. The molecule has 2 aromatic rings. The van der Waals surface area contributed by atoms with Crippen LogP contribution in [0.2, 0.25) is 0 Å². The number of hydrogen-bond donors (Lipinski definition) is 3. The van der Waals surface area contributed by atoms with Crippen molar-refractivity contribution in [3.63, 3.8) is 0 Å². The van der Waals surface area contributed by atoms with Crippen molar-refractivity contribution >= 4 is 28.8 Å². The number of fused-ring (bicyclic) bond motifs is 1. The summed E-state index contributed by atoms with van der Waals surface area (Å²) in [5, 5.41) is 17.7. The molecule has 7 heteroatoms. The lowest BCUT2D eigenvalue weighted by Crippen LogP contribution is -2.39. The fourth-order valence-electron chi connectivity index (χ4n) is 1.97. The lowest BCUT2D eigenvalue weighted by molar-refractivity contribution is -0.139. The van der Waals surface area contributed by atoms with Gasteiger partial charge in [0, 0.05) is 19.2 Å². The van der Waals surface area contributed by atoms with Crippen molar-refractivity contribution in [3.8, 4) is 5.75 Å². The van der Waals surface area contributed by atoms with Gasteiger partial charge in [0.25, 0.3) is 0 Å². The Morgan fingerprint density at radius 3 is 2.78 bits per heavy atom. The first kappa shape index (κ1) is 16.4. The maximum atomic E-state index is 11.5.